The topological polar surface area (TPSA) is 116 Å². The van der Waals surface area contributed by atoms with E-state index >= 15 is 0 Å². The summed E-state index contributed by atoms with van der Waals surface area (Å²) in [5.41, 5.74) is 1.32. The summed E-state index contributed by atoms with van der Waals surface area (Å²) >= 11 is 0. The Bertz CT molecular complexity index is 1510. The van der Waals surface area contributed by atoms with E-state index in [-0.39, 0.29) is 24.9 Å². The molecular weight excluding hydrogens is 542 g/mol. The number of hydrogen-bond donors (Lipinski definition) is 0. The smallest absolute Gasteiger partial charge is 0.339 e. The fourth-order valence-corrected chi connectivity index (χ4v) is 7.53. The molecule has 4 aliphatic heterocycles. The Morgan fingerprint density at radius 1 is 1.12 bits per heavy atom. The van der Waals surface area contributed by atoms with Gasteiger partial charge in [-0.1, -0.05) is 30.7 Å². The van der Waals surface area contributed by atoms with E-state index in [9.17, 15) is 4.79 Å². The van der Waals surface area contributed by atoms with Crippen LogP contribution in [0.25, 0.3) is 11.0 Å². The molecule has 226 valence electrons. The molecule has 5 fully saturated rings. The van der Waals surface area contributed by atoms with Crippen molar-refractivity contribution in [2.75, 3.05) is 6.61 Å². The maximum absolute atomic E-state index is 12.0. The summed E-state index contributed by atoms with van der Waals surface area (Å²) in [6.45, 7) is 9.07. The monoisotopic (exact) mass is 581 g/mol. The van der Waals surface area contributed by atoms with Crippen LogP contribution in [-0.4, -0.2) is 45.6 Å². The molecule has 8 atom stereocenters. The van der Waals surface area contributed by atoms with Crippen LogP contribution in [0.3, 0.4) is 0 Å². The third-order valence-electron chi connectivity index (χ3n) is 9.75. The van der Waals surface area contributed by atoms with Crippen molar-refractivity contribution in [3.05, 3.63) is 52.1 Å². The molecule has 2 bridgehead atoms. The molecule has 0 unspecified atom stereocenters. The van der Waals surface area contributed by atoms with Crippen LogP contribution in [0.2, 0.25) is 0 Å². The second kappa shape index (κ2) is 10.7. The molecule has 1 aromatic carbocycles. The number of aryl methyl sites for hydroxylation is 2. The molecule has 8 rings (SSSR count). The number of aromatic nitrogens is 3. The summed E-state index contributed by atoms with van der Waals surface area (Å²) in [4.78, 5) is 24.1. The standard InChI is InChI=1S/C31H39N3O8/c1-18-7-10-25-22(14-18)26(15-27(35)38-25)37-17-34-16-21(32-33-34)6-5-13-36-28-20(3)24-9-8-19(2)23-11-12-30(4)40-29(39-28)31(23,24)42-41-30/h7,10,14-16,19-20,23-24,28-29H,5-6,8-9,11-13,17H2,1-4H3/t19-,20-,23+,24+,28+,29-,30-,31-/m1/s1. The summed E-state index contributed by atoms with van der Waals surface area (Å²) in [6.07, 6.45) is 6.42. The second-order valence-electron chi connectivity index (χ2n) is 12.7. The van der Waals surface area contributed by atoms with Crippen molar-refractivity contribution < 1.29 is 33.1 Å². The zero-order valence-electron chi connectivity index (χ0n) is 24.6. The molecule has 1 spiro atoms. The lowest BCUT2D eigenvalue weighted by atomic mass is 9.58. The maximum Gasteiger partial charge on any atom is 0.339 e. The van der Waals surface area contributed by atoms with E-state index in [2.05, 4.69) is 24.2 Å². The van der Waals surface area contributed by atoms with Crippen LogP contribution in [0.5, 0.6) is 5.75 Å². The van der Waals surface area contributed by atoms with Crippen molar-refractivity contribution in [1.82, 2.24) is 15.0 Å². The Balaban J connectivity index is 0.947. The van der Waals surface area contributed by atoms with E-state index in [1.165, 1.54) is 6.07 Å². The Labute approximate surface area is 244 Å². The van der Waals surface area contributed by atoms with Gasteiger partial charge in [0, 0.05) is 18.3 Å². The predicted octanol–water partition coefficient (Wildman–Crippen LogP) is 4.89. The van der Waals surface area contributed by atoms with Crippen molar-refractivity contribution in [3.63, 3.8) is 0 Å². The van der Waals surface area contributed by atoms with Gasteiger partial charge in [0.05, 0.1) is 30.0 Å². The summed E-state index contributed by atoms with van der Waals surface area (Å²) in [5, 5.41) is 9.21. The van der Waals surface area contributed by atoms with Crippen molar-refractivity contribution in [2.24, 2.45) is 23.7 Å². The van der Waals surface area contributed by atoms with Gasteiger partial charge in [0.2, 0.25) is 5.79 Å². The Morgan fingerprint density at radius 2 is 2.00 bits per heavy atom. The minimum absolute atomic E-state index is 0.123. The average molecular weight is 582 g/mol. The van der Waals surface area contributed by atoms with Crippen molar-refractivity contribution in [2.45, 2.75) is 96.9 Å². The molecule has 5 aliphatic rings. The molecule has 0 amide bonds. The largest absolute Gasteiger partial charge is 0.470 e. The van der Waals surface area contributed by atoms with E-state index in [0.29, 0.717) is 36.2 Å². The second-order valence-corrected chi connectivity index (χ2v) is 12.7. The first-order chi connectivity index (χ1) is 20.2. The van der Waals surface area contributed by atoms with Crippen molar-refractivity contribution in [3.8, 4) is 5.75 Å². The minimum Gasteiger partial charge on any atom is -0.470 e. The lowest BCUT2D eigenvalue weighted by Gasteiger charge is -2.60. The predicted molar refractivity (Wildman–Crippen MR) is 149 cm³/mol. The van der Waals surface area contributed by atoms with E-state index < -0.39 is 23.3 Å². The summed E-state index contributed by atoms with van der Waals surface area (Å²) in [6, 6.07) is 6.95. The van der Waals surface area contributed by atoms with Crippen LogP contribution in [0.15, 0.2) is 39.7 Å². The van der Waals surface area contributed by atoms with Gasteiger partial charge in [-0.05, 0) is 69.9 Å². The van der Waals surface area contributed by atoms with E-state index in [0.717, 1.165) is 48.7 Å². The van der Waals surface area contributed by atoms with Gasteiger partial charge in [-0.2, -0.15) is 0 Å². The normalized spacial score (nSPS) is 35.6. The van der Waals surface area contributed by atoms with E-state index in [1.54, 1.807) is 10.7 Å². The highest BCUT2D eigenvalue weighted by atomic mass is 17.3. The van der Waals surface area contributed by atoms with Crippen LogP contribution in [0.1, 0.15) is 64.1 Å². The average Bonchev–Trinajstić information content (AvgIpc) is 3.30. The molecule has 1 saturated carbocycles. The number of hydrogen-bond acceptors (Lipinski definition) is 10. The maximum atomic E-state index is 12.0. The molecule has 2 aromatic heterocycles. The number of nitrogens with zero attached hydrogens (tertiary/aromatic N) is 3. The van der Waals surface area contributed by atoms with Gasteiger partial charge in [0.25, 0.3) is 0 Å². The molecular formula is C31H39N3O8. The quantitative estimate of drug-likeness (QED) is 0.207. The van der Waals surface area contributed by atoms with Crippen LogP contribution in [0.4, 0.5) is 0 Å². The zero-order chi connectivity index (χ0) is 29.1. The zero-order valence-corrected chi connectivity index (χ0v) is 24.6. The number of rotatable bonds is 8. The lowest BCUT2D eigenvalue weighted by Crippen LogP contribution is -2.70. The van der Waals surface area contributed by atoms with E-state index in [1.807, 2.05) is 32.2 Å². The highest BCUT2D eigenvalue weighted by Crippen LogP contribution is 2.60. The molecule has 11 nitrogen and oxygen atoms in total. The summed E-state index contributed by atoms with van der Waals surface area (Å²) < 4.78 is 32.1. The Hall–Kier alpha value is -2.83. The molecule has 0 radical (unpaired) electrons. The Morgan fingerprint density at radius 3 is 2.88 bits per heavy atom. The first-order valence-electron chi connectivity index (χ1n) is 15.1. The first-order valence-corrected chi connectivity index (χ1v) is 15.1. The summed E-state index contributed by atoms with van der Waals surface area (Å²) in [5.74, 6) is 0.903. The van der Waals surface area contributed by atoms with Gasteiger partial charge in [0.15, 0.2) is 24.9 Å². The molecule has 42 heavy (non-hydrogen) atoms. The van der Waals surface area contributed by atoms with E-state index in [4.69, 9.17) is 33.1 Å². The summed E-state index contributed by atoms with van der Waals surface area (Å²) in [7, 11) is 0. The molecule has 6 heterocycles. The molecule has 0 N–H and O–H groups in total. The SMILES string of the molecule is Cc1ccc2oc(=O)cc(OCn3cc(CCCO[C@H]4O[C@@H]5O[C@@]6(C)CC[C@H]7[C@H](C)CC[C@@H]([C@H]4C)[C@@]57OO6)nn3)c2c1. The molecule has 1 aliphatic carbocycles. The fourth-order valence-electron chi connectivity index (χ4n) is 7.53. The van der Waals surface area contributed by atoms with Gasteiger partial charge in [-0.25, -0.2) is 19.3 Å². The van der Waals surface area contributed by atoms with Gasteiger partial charge in [-0.15, -0.1) is 5.10 Å². The first kappa shape index (κ1) is 28.0. The van der Waals surface area contributed by atoms with Gasteiger partial charge < -0.3 is 23.4 Å². The third-order valence-corrected chi connectivity index (χ3v) is 9.75. The van der Waals surface area contributed by atoms with Gasteiger partial charge in [-0.3, -0.25) is 0 Å². The lowest BCUT2D eigenvalue weighted by molar-refractivity contribution is -0.577. The van der Waals surface area contributed by atoms with Crippen LogP contribution in [-0.2, 0) is 37.1 Å². The van der Waals surface area contributed by atoms with Crippen molar-refractivity contribution in [1.29, 1.82) is 0 Å². The van der Waals surface area contributed by atoms with Crippen molar-refractivity contribution >= 4 is 11.0 Å². The van der Waals surface area contributed by atoms with Gasteiger partial charge >= 0.3 is 5.63 Å². The van der Waals surface area contributed by atoms with Crippen LogP contribution in [0, 0.1) is 30.6 Å². The highest BCUT2D eigenvalue weighted by molar-refractivity contribution is 5.83. The number of ether oxygens (including phenoxy) is 4. The number of fused-ring (bicyclic) bond motifs is 3. The molecule has 3 aromatic rings. The molecule has 11 heteroatoms. The highest BCUT2D eigenvalue weighted by Gasteiger charge is 2.69. The van der Waals surface area contributed by atoms with Crippen LogP contribution < -0.4 is 10.4 Å². The Kier molecular flexibility index (Phi) is 7.13. The molecule has 4 saturated heterocycles. The number of benzene rings is 1. The van der Waals surface area contributed by atoms with Gasteiger partial charge in [0.1, 0.15) is 11.3 Å². The fraction of sp³-hybridized carbons (Fsp3) is 0.645. The minimum atomic E-state index is -0.794. The third kappa shape index (κ3) is 4.85. The van der Waals surface area contributed by atoms with Crippen LogP contribution >= 0.6 is 0 Å².